The van der Waals surface area contributed by atoms with Crippen LogP contribution >= 0.6 is 0 Å². The van der Waals surface area contributed by atoms with Gasteiger partial charge in [0.15, 0.2) is 0 Å². The summed E-state index contributed by atoms with van der Waals surface area (Å²) in [6, 6.07) is 4.98. The van der Waals surface area contributed by atoms with Gasteiger partial charge in [-0.15, -0.1) is 0 Å². The molecular formula is C13H11N5O2. The number of aryl methyl sites for hydroxylation is 1. The van der Waals surface area contributed by atoms with Crippen LogP contribution in [0.1, 0.15) is 16.7 Å². The Bertz CT molecular complexity index is 693. The molecule has 0 aromatic carbocycles. The summed E-state index contributed by atoms with van der Waals surface area (Å²) in [7, 11) is 0. The molecule has 0 amide bonds. The van der Waals surface area contributed by atoms with Gasteiger partial charge < -0.3 is 5.32 Å². The van der Waals surface area contributed by atoms with Crippen molar-refractivity contribution >= 4 is 11.5 Å². The molecule has 0 bridgehead atoms. The second kappa shape index (κ2) is 5.75. The summed E-state index contributed by atoms with van der Waals surface area (Å²) in [6.07, 6.45) is 4.54. The van der Waals surface area contributed by atoms with E-state index in [4.69, 9.17) is 5.26 Å². The molecule has 2 heterocycles. The largest absolute Gasteiger partial charge is 0.365 e. The number of nitriles is 1. The van der Waals surface area contributed by atoms with Gasteiger partial charge in [0.05, 0.1) is 4.92 Å². The molecule has 0 aliphatic rings. The first-order valence-electron chi connectivity index (χ1n) is 5.79. The number of aromatic nitrogens is 2. The van der Waals surface area contributed by atoms with Gasteiger partial charge in [-0.2, -0.15) is 5.26 Å². The minimum Gasteiger partial charge on any atom is -0.365 e. The van der Waals surface area contributed by atoms with E-state index >= 15 is 0 Å². The Morgan fingerprint density at radius 3 is 2.95 bits per heavy atom. The molecule has 0 saturated carbocycles. The summed E-state index contributed by atoms with van der Waals surface area (Å²) in [6.45, 7) is 2.40. The van der Waals surface area contributed by atoms with Gasteiger partial charge in [0.1, 0.15) is 23.6 Å². The quantitative estimate of drug-likeness (QED) is 0.673. The highest BCUT2D eigenvalue weighted by molar-refractivity contribution is 5.55. The molecule has 0 aliphatic heterocycles. The van der Waals surface area contributed by atoms with Gasteiger partial charge in [0, 0.05) is 25.0 Å². The van der Waals surface area contributed by atoms with E-state index in [0.717, 1.165) is 17.3 Å². The van der Waals surface area contributed by atoms with Crippen molar-refractivity contribution in [1.29, 1.82) is 5.26 Å². The summed E-state index contributed by atoms with van der Waals surface area (Å²) in [4.78, 5) is 18.0. The molecular weight excluding hydrogens is 258 g/mol. The first kappa shape index (κ1) is 13.4. The SMILES string of the molecule is Cc1ccncc1CNc1ncc([N+](=O)[O-])cc1C#N. The van der Waals surface area contributed by atoms with Crippen LogP contribution in [0.25, 0.3) is 0 Å². The van der Waals surface area contributed by atoms with Crippen LogP contribution in [0.2, 0.25) is 0 Å². The number of nitro groups is 1. The van der Waals surface area contributed by atoms with E-state index in [1.54, 1.807) is 12.4 Å². The molecule has 2 aromatic heterocycles. The average Bonchev–Trinajstić information content (AvgIpc) is 2.46. The summed E-state index contributed by atoms with van der Waals surface area (Å²) in [5, 5.41) is 22.6. The highest BCUT2D eigenvalue weighted by Gasteiger charge is 2.12. The molecule has 2 aromatic rings. The smallest absolute Gasteiger partial charge is 0.289 e. The second-order valence-corrected chi connectivity index (χ2v) is 4.11. The number of rotatable bonds is 4. The zero-order valence-corrected chi connectivity index (χ0v) is 10.7. The monoisotopic (exact) mass is 269 g/mol. The standard InChI is InChI=1S/C13H11N5O2/c1-9-2-3-15-6-11(9)7-16-13-10(5-14)4-12(8-17-13)18(19)20/h2-4,6,8H,7H2,1H3,(H,16,17). The molecule has 20 heavy (non-hydrogen) atoms. The van der Waals surface area contributed by atoms with Gasteiger partial charge >= 0.3 is 0 Å². The molecule has 0 spiro atoms. The Morgan fingerprint density at radius 1 is 1.50 bits per heavy atom. The fourth-order valence-corrected chi connectivity index (χ4v) is 1.64. The Morgan fingerprint density at radius 2 is 2.30 bits per heavy atom. The third-order valence-corrected chi connectivity index (χ3v) is 2.80. The number of hydrogen-bond acceptors (Lipinski definition) is 6. The van der Waals surface area contributed by atoms with Crippen LogP contribution in [0.15, 0.2) is 30.7 Å². The molecule has 100 valence electrons. The lowest BCUT2D eigenvalue weighted by Gasteiger charge is -2.08. The third kappa shape index (κ3) is 2.87. The normalized spacial score (nSPS) is 9.80. The van der Waals surface area contributed by atoms with Gasteiger partial charge in [-0.05, 0) is 24.1 Å². The van der Waals surface area contributed by atoms with E-state index in [-0.39, 0.29) is 11.3 Å². The molecule has 7 nitrogen and oxygen atoms in total. The van der Waals surface area contributed by atoms with Gasteiger partial charge in [-0.3, -0.25) is 15.1 Å². The van der Waals surface area contributed by atoms with Crippen LogP contribution in [-0.2, 0) is 6.54 Å². The molecule has 0 aliphatic carbocycles. The van der Waals surface area contributed by atoms with E-state index in [1.165, 1.54) is 6.07 Å². The summed E-state index contributed by atoms with van der Waals surface area (Å²) in [5.41, 5.74) is 1.97. The molecule has 2 rings (SSSR count). The highest BCUT2D eigenvalue weighted by atomic mass is 16.6. The Kier molecular flexibility index (Phi) is 3.86. The lowest BCUT2D eigenvalue weighted by molar-refractivity contribution is -0.385. The second-order valence-electron chi connectivity index (χ2n) is 4.11. The summed E-state index contributed by atoms with van der Waals surface area (Å²) < 4.78 is 0. The Labute approximate surface area is 115 Å². The summed E-state index contributed by atoms with van der Waals surface area (Å²) >= 11 is 0. The topological polar surface area (TPSA) is 105 Å². The molecule has 0 fully saturated rings. The van der Waals surface area contributed by atoms with Crippen molar-refractivity contribution in [2.24, 2.45) is 0 Å². The van der Waals surface area contributed by atoms with Crippen molar-refractivity contribution in [3.8, 4) is 6.07 Å². The maximum absolute atomic E-state index is 10.6. The van der Waals surface area contributed by atoms with Gasteiger partial charge in [-0.1, -0.05) is 0 Å². The van der Waals surface area contributed by atoms with E-state index in [2.05, 4.69) is 15.3 Å². The minimum absolute atomic E-state index is 0.140. The number of nitrogens with zero attached hydrogens (tertiary/aromatic N) is 4. The van der Waals surface area contributed by atoms with Crippen LogP contribution in [0.4, 0.5) is 11.5 Å². The van der Waals surface area contributed by atoms with Crippen molar-refractivity contribution in [1.82, 2.24) is 9.97 Å². The average molecular weight is 269 g/mol. The molecule has 7 heteroatoms. The maximum atomic E-state index is 10.6. The van der Waals surface area contributed by atoms with Crippen LogP contribution in [0.5, 0.6) is 0 Å². The van der Waals surface area contributed by atoms with Crippen LogP contribution in [0.3, 0.4) is 0 Å². The molecule has 1 N–H and O–H groups in total. The predicted octanol–water partition coefficient (Wildman–Crippen LogP) is 2.18. The molecule has 0 unspecified atom stereocenters. The van der Waals surface area contributed by atoms with E-state index in [9.17, 15) is 10.1 Å². The first-order chi connectivity index (χ1) is 9.61. The number of pyridine rings is 2. The van der Waals surface area contributed by atoms with Gasteiger partial charge in [-0.25, -0.2) is 4.98 Å². The highest BCUT2D eigenvalue weighted by Crippen LogP contribution is 2.19. The fourth-order valence-electron chi connectivity index (χ4n) is 1.64. The maximum Gasteiger partial charge on any atom is 0.289 e. The van der Waals surface area contributed by atoms with Crippen molar-refractivity contribution < 1.29 is 4.92 Å². The van der Waals surface area contributed by atoms with Crippen molar-refractivity contribution in [3.05, 3.63) is 57.5 Å². The Hall–Kier alpha value is -3.01. The summed E-state index contributed by atoms with van der Waals surface area (Å²) in [5.74, 6) is 0.321. The number of anilines is 1. The fraction of sp³-hybridized carbons (Fsp3) is 0.154. The number of nitrogens with one attached hydrogen (secondary N) is 1. The lowest BCUT2D eigenvalue weighted by atomic mass is 10.1. The van der Waals surface area contributed by atoms with Crippen molar-refractivity contribution in [3.63, 3.8) is 0 Å². The molecule has 0 saturated heterocycles. The van der Waals surface area contributed by atoms with E-state index < -0.39 is 4.92 Å². The number of hydrogen-bond donors (Lipinski definition) is 1. The molecule has 0 radical (unpaired) electrons. The lowest BCUT2D eigenvalue weighted by Crippen LogP contribution is -2.05. The van der Waals surface area contributed by atoms with Crippen molar-refractivity contribution in [2.75, 3.05) is 5.32 Å². The molecule has 0 atom stereocenters. The van der Waals surface area contributed by atoms with Crippen LogP contribution < -0.4 is 5.32 Å². The predicted molar refractivity (Wildman–Crippen MR) is 71.9 cm³/mol. The van der Waals surface area contributed by atoms with Gasteiger partial charge in [0.25, 0.3) is 5.69 Å². The zero-order valence-electron chi connectivity index (χ0n) is 10.7. The zero-order chi connectivity index (χ0) is 14.5. The van der Waals surface area contributed by atoms with Crippen molar-refractivity contribution in [2.45, 2.75) is 13.5 Å². The third-order valence-electron chi connectivity index (χ3n) is 2.80. The first-order valence-corrected chi connectivity index (χ1v) is 5.79. The van der Waals surface area contributed by atoms with E-state index in [1.807, 2.05) is 19.1 Å². The Balaban J connectivity index is 2.20. The minimum atomic E-state index is -0.580. The van der Waals surface area contributed by atoms with Crippen LogP contribution in [0, 0.1) is 28.4 Å². The van der Waals surface area contributed by atoms with Gasteiger partial charge in [0.2, 0.25) is 0 Å². The van der Waals surface area contributed by atoms with Crippen LogP contribution in [-0.4, -0.2) is 14.9 Å². The van der Waals surface area contributed by atoms with E-state index in [0.29, 0.717) is 12.4 Å².